The molecule has 2 atom stereocenters. The van der Waals surface area contributed by atoms with Crippen LogP contribution in [0.4, 0.5) is 0 Å². The number of hydrogen-bond acceptors (Lipinski definition) is 4. The Balaban J connectivity index is 2.66. The lowest BCUT2D eigenvalue weighted by Crippen LogP contribution is -2.39. The molecule has 0 heterocycles. The van der Waals surface area contributed by atoms with Crippen molar-refractivity contribution in [3.05, 3.63) is 0 Å². The second-order valence-electron chi connectivity index (χ2n) is 8.01. The van der Waals surface area contributed by atoms with Crippen LogP contribution in [0.3, 0.4) is 0 Å². The summed E-state index contributed by atoms with van der Waals surface area (Å²) in [6.45, 7) is 13.5. The molecule has 0 aliphatic heterocycles. The summed E-state index contributed by atoms with van der Waals surface area (Å²) in [5.74, 6) is -0.389. The van der Waals surface area contributed by atoms with Crippen molar-refractivity contribution in [2.45, 2.75) is 85.9 Å². The van der Waals surface area contributed by atoms with Crippen LogP contribution in [0, 0.1) is 10.8 Å². The normalized spacial score (nSPS) is 28.2. The molecule has 0 radical (unpaired) electrons. The van der Waals surface area contributed by atoms with Crippen molar-refractivity contribution < 1.29 is 19.1 Å². The van der Waals surface area contributed by atoms with Gasteiger partial charge in [-0.05, 0) is 45.4 Å². The van der Waals surface area contributed by atoms with E-state index in [1.54, 1.807) is 0 Å². The molecule has 0 saturated heterocycles. The van der Waals surface area contributed by atoms with Crippen LogP contribution in [-0.2, 0) is 19.1 Å². The molecule has 4 heteroatoms. The Kier molecular flexibility index (Phi) is 5.12. The minimum absolute atomic E-state index is 0.0238. The maximum absolute atomic E-state index is 11.9. The van der Waals surface area contributed by atoms with Crippen LogP contribution in [0.15, 0.2) is 0 Å². The van der Waals surface area contributed by atoms with Crippen LogP contribution in [0.1, 0.15) is 74.1 Å². The van der Waals surface area contributed by atoms with Gasteiger partial charge in [-0.25, -0.2) is 0 Å². The fraction of sp³-hybridized carbons (Fsp3) is 0.882. The van der Waals surface area contributed by atoms with E-state index in [-0.39, 0.29) is 28.9 Å². The highest BCUT2D eigenvalue weighted by Gasteiger charge is 2.52. The lowest BCUT2D eigenvalue weighted by Gasteiger charge is -2.41. The van der Waals surface area contributed by atoms with Crippen LogP contribution >= 0.6 is 0 Å². The van der Waals surface area contributed by atoms with Gasteiger partial charge in [0.2, 0.25) is 0 Å². The van der Waals surface area contributed by atoms with Gasteiger partial charge in [0, 0.05) is 18.8 Å². The van der Waals surface area contributed by atoms with E-state index < -0.39 is 5.60 Å². The van der Waals surface area contributed by atoms with Crippen molar-refractivity contribution >= 4 is 11.9 Å². The number of ether oxygens (including phenoxy) is 2. The predicted octanol–water partition coefficient (Wildman–Crippen LogP) is 3.87. The lowest BCUT2D eigenvalue weighted by molar-refractivity contribution is -0.158. The van der Waals surface area contributed by atoms with E-state index in [1.165, 1.54) is 6.92 Å². The Bertz CT molecular complexity index is 406. The molecule has 122 valence electrons. The molecule has 1 fully saturated rings. The van der Waals surface area contributed by atoms with Gasteiger partial charge in [-0.2, -0.15) is 0 Å². The van der Waals surface area contributed by atoms with Gasteiger partial charge in [-0.15, -0.1) is 0 Å². The van der Waals surface area contributed by atoms with Crippen LogP contribution < -0.4 is 0 Å². The number of hydrogen-bond donors (Lipinski definition) is 0. The zero-order valence-electron chi connectivity index (χ0n) is 14.5. The molecule has 0 amide bonds. The summed E-state index contributed by atoms with van der Waals surface area (Å²) < 4.78 is 10.8. The number of carbonyl (C=O) groups is 2. The van der Waals surface area contributed by atoms with E-state index in [9.17, 15) is 9.59 Å². The lowest BCUT2D eigenvalue weighted by atomic mass is 9.66. The maximum Gasteiger partial charge on any atom is 0.306 e. The Morgan fingerprint density at radius 2 is 1.76 bits per heavy atom. The molecular formula is C17H30O4. The molecule has 21 heavy (non-hydrogen) atoms. The highest BCUT2D eigenvalue weighted by Crippen LogP contribution is 2.56. The Morgan fingerprint density at radius 3 is 2.24 bits per heavy atom. The minimum atomic E-state index is -0.441. The third-order valence-corrected chi connectivity index (χ3v) is 4.93. The molecule has 4 nitrogen and oxygen atoms in total. The van der Waals surface area contributed by atoms with Crippen molar-refractivity contribution in [3.8, 4) is 0 Å². The molecule has 0 spiro atoms. The maximum atomic E-state index is 11.9. The Labute approximate surface area is 128 Å². The summed E-state index contributed by atoms with van der Waals surface area (Å²) in [6.07, 6.45) is 2.91. The smallest absolute Gasteiger partial charge is 0.306 e. The summed E-state index contributed by atoms with van der Waals surface area (Å²) in [5.41, 5.74) is -0.603. The molecule has 0 aromatic carbocycles. The topological polar surface area (TPSA) is 52.6 Å². The average Bonchev–Trinajstić information content (AvgIpc) is 2.48. The van der Waals surface area contributed by atoms with E-state index in [2.05, 4.69) is 20.8 Å². The molecule has 0 bridgehead atoms. The second kappa shape index (κ2) is 5.98. The molecule has 0 aromatic heterocycles. The van der Waals surface area contributed by atoms with Crippen molar-refractivity contribution in [1.82, 2.24) is 0 Å². The first-order valence-electron chi connectivity index (χ1n) is 7.76. The van der Waals surface area contributed by atoms with Gasteiger partial charge in [0.05, 0.1) is 0 Å². The van der Waals surface area contributed by atoms with Crippen LogP contribution in [0.25, 0.3) is 0 Å². The van der Waals surface area contributed by atoms with Gasteiger partial charge in [0.15, 0.2) is 0 Å². The van der Waals surface area contributed by atoms with E-state index in [4.69, 9.17) is 9.47 Å². The molecule has 1 rings (SSSR count). The van der Waals surface area contributed by atoms with Crippen molar-refractivity contribution in [2.75, 3.05) is 0 Å². The Hall–Kier alpha value is -1.06. The van der Waals surface area contributed by atoms with Crippen molar-refractivity contribution in [3.63, 3.8) is 0 Å². The third-order valence-electron chi connectivity index (χ3n) is 4.93. The van der Waals surface area contributed by atoms with Gasteiger partial charge >= 0.3 is 11.9 Å². The zero-order valence-corrected chi connectivity index (χ0v) is 14.5. The minimum Gasteiger partial charge on any atom is -0.462 e. The van der Waals surface area contributed by atoms with E-state index in [1.807, 2.05) is 20.8 Å². The summed E-state index contributed by atoms with van der Waals surface area (Å²) >= 11 is 0. The van der Waals surface area contributed by atoms with E-state index in [0.29, 0.717) is 6.42 Å². The number of carbonyl (C=O) groups excluding carboxylic acids is 2. The summed E-state index contributed by atoms with van der Waals surface area (Å²) in [5, 5.41) is 0. The second-order valence-corrected chi connectivity index (χ2v) is 8.01. The zero-order chi connectivity index (χ0) is 16.5. The van der Waals surface area contributed by atoms with Gasteiger partial charge in [0.25, 0.3) is 0 Å². The van der Waals surface area contributed by atoms with Gasteiger partial charge in [-0.1, -0.05) is 20.8 Å². The Morgan fingerprint density at radius 1 is 1.19 bits per heavy atom. The highest BCUT2D eigenvalue weighted by molar-refractivity contribution is 5.70. The summed E-state index contributed by atoms with van der Waals surface area (Å²) in [4.78, 5) is 23.1. The first-order chi connectivity index (χ1) is 9.37. The van der Waals surface area contributed by atoms with Crippen LogP contribution in [0.5, 0.6) is 0 Å². The fourth-order valence-corrected chi connectivity index (χ4v) is 3.15. The van der Waals surface area contributed by atoms with Gasteiger partial charge < -0.3 is 9.47 Å². The average molecular weight is 298 g/mol. The quantitative estimate of drug-likeness (QED) is 0.739. The molecule has 1 aliphatic carbocycles. The molecule has 1 saturated carbocycles. The van der Waals surface area contributed by atoms with Crippen molar-refractivity contribution in [2.24, 2.45) is 10.8 Å². The highest BCUT2D eigenvalue weighted by atomic mass is 16.6. The van der Waals surface area contributed by atoms with Crippen LogP contribution in [0.2, 0.25) is 0 Å². The standard InChI is InChI=1S/C17H30O4/c1-12(18)20-13-8-10-17(7,16(13,5)6)11-9-14(19)21-15(2,3)4/h13H,8-11H2,1-7H3/t13-,17-/m0/s1. The molecule has 1 aliphatic rings. The monoisotopic (exact) mass is 298 g/mol. The number of rotatable bonds is 4. The molecule has 0 unspecified atom stereocenters. The van der Waals surface area contributed by atoms with E-state index >= 15 is 0 Å². The van der Waals surface area contributed by atoms with Gasteiger partial charge in [-0.3, -0.25) is 9.59 Å². The predicted molar refractivity (Wildman–Crippen MR) is 81.8 cm³/mol. The van der Waals surface area contributed by atoms with Crippen LogP contribution in [-0.4, -0.2) is 23.6 Å². The first-order valence-corrected chi connectivity index (χ1v) is 7.76. The fourth-order valence-electron chi connectivity index (χ4n) is 3.15. The first kappa shape index (κ1) is 18.0. The summed E-state index contributed by atoms with van der Waals surface area (Å²) in [6, 6.07) is 0. The largest absolute Gasteiger partial charge is 0.462 e. The van der Waals surface area contributed by atoms with E-state index in [0.717, 1.165) is 19.3 Å². The van der Waals surface area contributed by atoms with Crippen molar-refractivity contribution in [1.29, 1.82) is 0 Å². The molecule has 0 N–H and O–H groups in total. The molecular weight excluding hydrogens is 268 g/mol. The van der Waals surface area contributed by atoms with Gasteiger partial charge in [0.1, 0.15) is 11.7 Å². The SMILES string of the molecule is CC(=O)O[C@H]1CC[C@@](C)(CCC(=O)OC(C)(C)C)C1(C)C. The number of esters is 2. The molecule has 0 aromatic rings. The third kappa shape index (κ3) is 4.45. The summed E-state index contributed by atoms with van der Waals surface area (Å²) in [7, 11) is 0.